The summed E-state index contributed by atoms with van der Waals surface area (Å²) in [6, 6.07) is 9.27. The van der Waals surface area contributed by atoms with Crippen LogP contribution in [0.15, 0.2) is 48.5 Å². The fourth-order valence-electron chi connectivity index (χ4n) is 4.78. The van der Waals surface area contributed by atoms with Crippen LogP contribution in [0.4, 0.5) is 26.3 Å². The number of carboxylic acids is 1. The van der Waals surface area contributed by atoms with E-state index in [1.54, 1.807) is 0 Å². The molecule has 0 aromatic heterocycles. The minimum Gasteiger partial charge on any atom is -0.481 e. The topological polar surface area (TPSA) is 40.5 Å². The van der Waals surface area contributed by atoms with Gasteiger partial charge < -0.3 is 5.11 Å². The Kier molecular flexibility index (Phi) is 7.95. The molecule has 34 heavy (non-hydrogen) atoms. The molecule has 1 N–H and O–H groups in total. The van der Waals surface area contributed by atoms with Gasteiger partial charge in [-0.2, -0.15) is 26.3 Å². The molecule has 0 bridgehead atoms. The van der Waals surface area contributed by atoms with Gasteiger partial charge in [0.1, 0.15) is 0 Å². The van der Waals surface area contributed by atoms with E-state index in [2.05, 4.69) is 4.90 Å². The van der Waals surface area contributed by atoms with E-state index in [-0.39, 0.29) is 24.4 Å². The molecule has 2 aromatic carbocycles. The first-order valence-corrected chi connectivity index (χ1v) is 11.2. The predicted molar refractivity (Wildman–Crippen MR) is 115 cm³/mol. The van der Waals surface area contributed by atoms with Crippen LogP contribution in [0, 0.1) is 5.92 Å². The Labute approximate surface area is 194 Å². The van der Waals surface area contributed by atoms with Crippen LogP contribution in [0.25, 0.3) is 0 Å². The van der Waals surface area contributed by atoms with Gasteiger partial charge in [-0.1, -0.05) is 37.6 Å². The van der Waals surface area contributed by atoms with Crippen molar-refractivity contribution in [3.63, 3.8) is 0 Å². The number of alkyl halides is 6. The first kappa shape index (κ1) is 26.1. The molecule has 1 aliphatic heterocycles. The molecular weight excluding hydrogens is 460 g/mol. The molecule has 1 heterocycles. The fourth-order valence-corrected chi connectivity index (χ4v) is 4.78. The molecule has 1 fully saturated rings. The highest BCUT2D eigenvalue weighted by Crippen LogP contribution is 2.43. The maximum Gasteiger partial charge on any atom is 0.416 e. The zero-order valence-electron chi connectivity index (χ0n) is 18.7. The molecular formula is C25H27F6NO2. The van der Waals surface area contributed by atoms with E-state index >= 15 is 0 Å². The third-order valence-electron chi connectivity index (χ3n) is 6.42. The third-order valence-corrected chi connectivity index (χ3v) is 6.42. The van der Waals surface area contributed by atoms with Crippen LogP contribution in [0.3, 0.4) is 0 Å². The van der Waals surface area contributed by atoms with Crippen molar-refractivity contribution < 1.29 is 36.2 Å². The quantitative estimate of drug-likeness (QED) is 0.411. The number of carbonyl (C=O) groups is 1. The number of rotatable bonds is 7. The van der Waals surface area contributed by atoms with Crippen molar-refractivity contribution in [1.82, 2.24) is 4.90 Å². The van der Waals surface area contributed by atoms with Crippen molar-refractivity contribution in [3.8, 4) is 0 Å². The normalized spacial score (nSPS) is 20.8. The van der Waals surface area contributed by atoms with Crippen LogP contribution in [0.5, 0.6) is 0 Å². The van der Waals surface area contributed by atoms with Crippen LogP contribution in [-0.2, 0) is 17.1 Å². The number of halogens is 6. The summed E-state index contributed by atoms with van der Waals surface area (Å²) in [6.45, 7) is 2.46. The number of benzene rings is 2. The second-order valence-electron chi connectivity index (χ2n) is 8.79. The van der Waals surface area contributed by atoms with Crippen molar-refractivity contribution in [2.45, 2.75) is 63.5 Å². The summed E-state index contributed by atoms with van der Waals surface area (Å²) in [5, 5.41) is 9.25. The monoisotopic (exact) mass is 487 g/mol. The molecule has 3 rings (SSSR count). The van der Waals surface area contributed by atoms with Gasteiger partial charge in [0.25, 0.3) is 0 Å². The molecule has 3 atom stereocenters. The summed E-state index contributed by atoms with van der Waals surface area (Å²) in [7, 11) is 0. The van der Waals surface area contributed by atoms with Gasteiger partial charge in [-0.15, -0.1) is 0 Å². The number of aliphatic carboxylic acids is 1. The number of likely N-dealkylation sites (tertiary alicyclic amines) is 1. The highest BCUT2D eigenvalue weighted by Gasteiger charge is 2.37. The number of hydrogen-bond acceptors (Lipinski definition) is 2. The van der Waals surface area contributed by atoms with Crippen molar-refractivity contribution in [3.05, 3.63) is 70.8 Å². The molecule has 0 aliphatic carbocycles. The molecule has 0 unspecified atom stereocenters. The number of hydrogen-bond donors (Lipinski definition) is 1. The fraction of sp³-hybridized carbons (Fsp3) is 0.480. The van der Waals surface area contributed by atoms with E-state index in [0.717, 1.165) is 30.7 Å². The highest BCUT2D eigenvalue weighted by atomic mass is 19.4. The molecule has 1 saturated heterocycles. The summed E-state index contributed by atoms with van der Waals surface area (Å²) in [6.07, 6.45) is -6.53. The first-order valence-electron chi connectivity index (χ1n) is 11.2. The van der Waals surface area contributed by atoms with E-state index < -0.39 is 29.4 Å². The lowest BCUT2D eigenvalue weighted by Gasteiger charge is -2.44. The summed E-state index contributed by atoms with van der Waals surface area (Å²) >= 11 is 0. The van der Waals surface area contributed by atoms with Gasteiger partial charge in [0, 0.05) is 18.5 Å². The zero-order valence-corrected chi connectivity index (χ0v) is 18.7. The van der Waals surface area contributed by atoms with Gasteiger partial charge in [0.15, 0.2) is 0 Å². The lowest BCUT2D eigenvalue weighted by molar-refractivity contribution is -0.139. The predicted octanol–water partition coefficient (Wildman–Crippen LogP) is 7.49. The van der Waals surface area contributed by atoms with Gasteiger partial charge in [-0.05, 0) is 67.1 Å². The van der Waals surface area contributed by atoms with Gasteiger partial charge in [0.2, 0.25) is 0 Å². The summed E-state index contributed by atoms with van der Waals surface area (Å²) in [5.74, 6) is -1.08. The van der Waals surface area contributed by atoms with Gasteiger partial charge in [-0.25, -0.2) is 0 Å². The molecule has 1 aliphatic rings. The Balaban J connectivity index is 1.96. The minimum atomic E-state index is -4.47. The molecule has 0 amide bonds. The standard InChI is InChI=1S/C25H27F6NO2/c1-2-3-21(17-4-8-19(9-5-17)24(26,27)28)32-13-12-16(15-23(33)34)14-22(32)18-6-10-20(11-7-18)25(29,30)31/h4-11,16,21-22H,2-3,12-15H2,1H3,(H,33,34)/t16-,21-,22+/m1/s1. The summed E-state index contributed by atoms with van der Waals surface area (Å²) in [5.41, 5.74) is -0.181. The van der Waals surface area contributed by atoms with Crippen LogP contribution < -0.4 is 0 Å². The molecule has 0 spiro atoms. The van der Waals surface area contributed by atoms with E-state index in [4.69, 9.17) is 0 Å². The average molecular weight is 487 g/mol. The van der Waals surface area contributed by atoms with E-state index in [9.17, 15) is 36.2 Å². The van der Waals surface area contributed by atoms with Crippen LogP contribution >= 0.6 is 0 Å². The van der Waals surface area contributed by atoms with E-state index in [0.29, 0.717) is 36.9 Å². The van der Waals surface area contributed by atoms with Gasteiger partial charge in [0.05, 0.1) is 11.1 Å². The maximum atomic E-state index is 13.1. The van der Waals surface area contributed by atoms with E-state index in [1.165, 1.54) is 24.3 Å². The molecule has 3 nitrogen and oxygen atoms in total. The maximum absolute atomic E-state index is 13.1. The van der Waals surface area contributed by atoms with Crippen LogP contribution in [0.2, 0.25) is 0 Å². The molecule has 0 radical (unpaired) electrons. The van der Waals surface area contributed by atoms with Crippen molar-refractivity contribution >= 4 is 5.97 Å². The smallest absolute Gasteiger partial charge is 0.416 e. The lowest BCUT2D eigenvalue weighted by atomic mass is 9.82. The first-order chi connectivity index (χ1) is 15.9. The second-order valence-corrected chi connectivity index (χ2v) is 8.79. The number of nitrogens with zero attached hydrogens (tertiary/aromatic N) is 1. The molecule has 0 saturated carbocycles. The number of piperidine rings is 1. The molecule has 9 heteroatoms. The van der Waals surface area contributed by atoms with Crippen LogP contribution in [0.1, 0.15) is 73.4 Å². The van der Waals surface area contributed by atoms with E-state index in [1.807, 2.05) is 6.92 Å². The summed E-state index contributed by atoms with van der Waals surface area (Å²) < 4.78 is 78.3. The minimum absolute atomic E-state index is 0.0380. The van der Waals surface area contributed by atoms with Crippen LogP contribution in [-0.4, -0.2) is 22.5 Å². The highest BCUT2D eigenvalue weighted by molar-refractivity contribution is 5.67. The number of carboxylic acid groups (broad SMARTS) is 1. The Hall–Kier alpha value is -2.55. The Morgan fingerprint density at radius 1 is 0.971 bits per heavy atom. The Morgan fingerprint density at radius 3 is 1.97 bits per heavy atom. The SMILES string of the molecule is CCC[C@H](c1ccc(C(F)(F)F)cc1)N1CC[C@@H](CC(=O)O)C[C@H]1c1ccc(C(F)(F)F)cc1. The zero-order chi connectivity index (χ0) is 25.1. The lowest BCUT2D eigenvalue weighted by Crippen LogP contribution is -2.40. The summed E-state index contributed by atoms with van der Waals surface area (Å²) in [4.78, 5) is 13.4. The van der Waals surface area contributed by atoms with Gasteiger partial charge >= 0.3 is 18.3 Å². The average Bonchev–Trinajstić information content (AvgIpc) is 2.76. The van der Waals surface area contributed by atoms with Gasteiger partial charge in [-0.3, -0.25) is 9.69 Å². The molecule has 2 aromatic rings. The van der Waals surface area contributed by atoms with Crippen molar-refractivity contribution in [2.75, 3.05) is 6.54 Å². The second kappa shape index (κ2) is 10.4. The van der Waals surface area contributed by atoms with Crippen molar-refractivity contribution in [2.24, 2.45) is 5.92 Å². The third kappa shape index (κ3) is 6.31. The largest absolute Gasteiger partial charge is 0.481 e. The Bertz CT molecular complexity index is 953. The molecule has 186 valence electrons. The van der Waals surface area contributed by atoms with Crippen molar-refractivity contribution in [1.29, 1.82) is 0 Å². The Morgan fingerprint density at radius 2 is 1.50 bits per heavy atom.